The predicted molar refractivity (Wildman–Crippen MR) is 51.1 cm³/mol. The van der Waals surface area contributed by atoms with E-state index in [1.807, 2.05) is 6.20 Å². The Kier molecular flexibility index (Phi) is 2.26. The molecule has 2 rings (SSSR count). The molecule has 1 fully saturated rings. The van der Waals surface area contributed by atoms with Crippen LogP contribution in [0.15, 0.2) is 6.20 Å². The zero-order chi connectivity index (χ0) is 9.31. The van der Waals surface area contributed by atoms with Gasteiger partial charge < -0.3 is 9.84 Å². The van der Waals surface area contributed by atoms with Crippen molar-refractivity contribution in [2.45, 2.75) is 19.3 Å². The Morgan fingerprint density at radius 1 is 1.69 bits per heavy atom. The largest absolute Gasteiger partial charge is 0.473 e. The standard InChI is InChI=1S/C9H13NO2S/c1-12-8-10-5-7(13-8)4-9(6-11)2-3-9/h5,11H,2-4,6H2,1H3. The van der Waals surface area contributed by atoms with Crippen LogP contribution in [-0.2, 0) is 6.42 Å². The second-order valence-corrected chi connectivity index (χ2v) is 4.71. The number of rotatable bonds is 4. The Balaban J connectivity index is 2.01. The van der Waals surface area contributed by atoms with Crippen LogP contribution in [0, 0.1) is 5.41 Å². The summed E-state index contributed by atoms with van der Waals surface area (Å²) in [5.41, 5.74) is 0.178. The molecule has 1 aliphatic rings. The van der Waals surface area contributed by atoms with Crippen molar-refractivity contribution in [1.29, 1.82) is 0 Å². The third-order valence-electron chi connectivity index (χ3n) is 2.55. The number of ether oxygens (including phenoxy) is 1. The molecule has 4 heteroatoms. The number of thiazole rings is 1. The summed E-state index contributed by atoms with van der Waals surface area (Å²) < 4.78 is 5.01. The zero-order valence-corrected chi connectivity index (χ0v) is 8.43. The second kappa shape index (κ2) is 3.27. The number of nitrogens with zero attached hydrogens (tertiary/aromatic N) is 1. The van der Waals surface area contributed by atoms with Gasteiger partial charge in [-0.05, 0) is 24.7 Å². The summed E-state index contributed by atoms with van der Waals surface area (Å²) in [6.45, 7) is 0.299. The van der Waals surface area contributed by atoms with Crippen LogP contribution in [0.3, 0.4) is 0 Å². The normalized spacial score (nSPS) is 18.6. The first-order valence-corrected chi connectivity index (χ1v) is 5.19. The molecule has 1 aromatic rings. The number of hydrogen-bond acceptors (Lipinski definition) is 4. The Morgan fingerprint density at radius 2 is 2.46 bits per heavy atom. The third-order valence-corrected chi connectivity index (χ3v) is 3.51. The highest BCUT2D eigenvalue weighted by molar-refractivity contribution is 7.13. The molecule has 72 valence electrons. The maximum Gasteiger partial charge on any atom is 0.273 e. The first kappa shape index (κ1) is 8.97. The van der Waals surface area contributed by atoms with E-state index in [0.717, 1.165) is 19.3 Å². The van der Waals surface area contributed by atoms with Gasteiger partial charge in [0.25, 0.3) is 5.19 Å². The zero-order valence-electron chi connectivity index (χ0n) is 7.62. The van der Waals surface area contributed by atoms with Gasteiger partial charge >= 0.3 is 0 Å². The van der Waals surface area contributed by atoms with Crippen LogP contribution in [0.5, 0.6) is 5.19 Å². The van der Waals surface area contributed by atoms with E-state index in [1.54, 1.807) is 18.4 Å². The molecule has 0 saturated heterocycles. The molecule has 1 aromatic heterocycles. The molecular weight excluding hydrogens is 186 g/mol. The van der Waals surface area contributed by atoms with Crippen molar-refractivity contribution in [3.63, 3.8) is 0 Å². The minimum absolute atomic E-state index is 0.178. The van der Waals surface area contributed by atoms with E-state index in [0.29, 0.717) is 11.8 Å². The maximum atomic E-state index is 9.13. The number of aliphatic hydroxyl groups is 1. The molecule has 1 saturated carbocycles. The Morgan fingerprint density at radius 3 is 2.92 bits per heavy atom. The van der Waals surface area contributed by atoms with Gasteiger partial charge in [-0.3, -0.25) is 0 Å². The second-order valence-electron chi connectivity index (χ2n) is 3.63. The lowest BCUT2D eigenvalue weighted by molar-refractivity contribution is 0.211. The highest BCUT2D eigenvalue weighted by Crippen LogP contribution is 2.48. The van der Waals surface area contributed by atoms with Crippen LogP contribution in [0.4, 0.5) is 0 Å². The van der Waals surface area contributed by atoms with Crippen LogP contribution >= 0.6 is 11.3 Å². The topological polar surface area (TPSA) is 42.4 Å². The summed E-state index contributed by atoms with van der Waals surface area (Å²) in [4.78, 5) is 5.31. The van der Waals surface area contributed by atoms with Crippen molar-refractivity contribution in [1.82, 2.24) is 4.98 Å². The average molecular weight is 199 g/mol. The fourth-order valence-electron chi connectivity index (χ4n) is 1.40. The summed E-state index contributed by atoms with van der Waals surface area (Å²) in [5.74, 6) is 0. The fourth-order valence-corrected chi connectivity index (χ4v) is 2.30. The van der Waals surface area contributed by atoms with Crippen LogP contribution in [-0.4, -0.2) is 23.8 Å². The summed E-state index contributed by atoms with van der Waals surface area (Å²) in [7, 11) is 1.63. The van der Waals surface area contributed by atoms with E-state index in [4.69, 9.17) is 9.84 Å². The molecule has 1 heterocycles. The van der Waals surface area contributed by atoms with Gasteiger partial charge in [0.15, 0.2) is 0 Å². The fraction of sp³-hybridized carbons (Fsp3) is 0.667. The first-order valence-electron chi connectivity index (χ1n) is 4.38. The number of aliphatic hydroxyl groups excluding tert-OH is 1. The van der Waals surface area contributed by atoms with Gasteiger partial charge in [-0.2, -0.15) is 0 Å². The number of hydrogen-bond donors (Lipinski definition) is 1. The van der Waals surface area contributed by atoms with Gasteiger partial charge in [0.05, 0.1) is 7.11 Å². The van der Waals surface area contributed by atoms with Crippen LogP contribution < -0.4 is 4.74 Å². The lowest BCUT2D eigenvalue weighted by atomic mass is 10.0. The van der Waals surface area contributed by atoms with Gasteiger partial charge in [-0.15, -0.1) is 0 Å². The van der Waals surface area contributed by atoms with Crippen molar-refractivity contribution >= 4 is 11.3 Å². The Bertz CT molecular complexity index is 294. The maximum absolute atomic E-state index is 9.13. The molecule has 1 N–H and O–H groups in total. The average Bonchev–Trinajstić information content (AvgIpc) is 2.77. The molecule has 0 bridgehead atoms. The molecule has 3 nitrogen and oxygen atoms in total. The SMILES string of the molecule is COc1ncc(CC2(CO)CC2)s1. The molecule has 0 spiro atoms. The highest BCUT2D eigenvalue weighted by atomic mass is 32.1. The van der Waals surface area contributed by atoms with Crippen LogP contribution in [0.1, 0.15) is 17.7 Å². The van der Waals surface area contributed by atoms with Crippen molar-refractivity contribution in [3.05, 3.63) is 11.1 Å². The van der Waals surface area contributed by atoms with Gasteiger partial charge in [-0.1, -0.05) is 11.3 Å². The summed E-state index contributed by atoms with van der Waals surface area (Å²) in [5, 5.41) is 9.85. The van der Waals surface area contributed by atoms with Gasteiger partial charge in [0.1, 0.15) is 0 Å². The lowest BCUT2D eigenvalue weighted by Crippen LogP contribution is -2.08. The van der Waals surface area contributed by atoms with Gasteiger partial charge in [0.2, 0.25) is 0 Å². The van der Waals surface area contributed by atoms with Crippen molar-refractivity contribution in [3.8, 4) is 5.19 Å². The molecule has 0 amide bonds. The highest BCUT2D eigenvalue weighted by Gasteiger charge is 2.42. The first-order chi connectivity index (χ1) is 6.28. The molecule has 0 aromatic carbocycles. The molecule has 13 heavy (non-hydrogen) atoms. The van der Waals surface area contributed by atoms with E-state index >= 15 is 0 Å². The molecule has 0 unspecified atom stereocenters. The molecule has 0 radical (unpaired) electrons. The molecular formula is C9H13NO2S. The lowest BCUT2D eigenvalue weighted by Gasteiger charge is -2.07. The van der Waals surface area contributed by atoms with Crippen LogP contribution in [0.2, 0.25) is 0 Å². The Labute approximate surface area is 81.4 Å². The van der Waals surface area contributed by atoms with E-state index in [1.165, 1.54) is 4.88 Å². The van der Waals surface area contributed by atoms with Crippen molar-refractivity contribution in [2.24, 2.45) is 5.41 Å². The van der Waals surface area contributed by atoms with E-state index in [-0.39, 0.29) is 5.41 Å². The minimum Gasteiger partial charge on any atom is -0.473 e. The summed E-state index contributed by atoms with van der Waals surface area (Å²) >= 11 is 1.57. The quantitative estimate of drug-likeness (QED) is 0.798. The number of methoxy groups -OCH3 is 1. The van der Waals surface area contributed by atoms with Crippen molar-refractivity contribution in [2.75, 3.05) is 13.7 Å². The van der Waals surface area contributed by atoms with E-state index < -0.39 is 0 Å². The third kappa shape index (κ3) is 1.84. The summed E-state index contributed by atoms with van der Waals surface area (Å²) in [6.07, 6.45) is 5.08. The van der Waals surface area contributed by atoms with E-state index in [2.05, 4.69) is 4.98 Å². The van der Waals surface area contributed by atoms with Gasteiger partial charge in [0, 0.05) is 17.7 Å². The molecule has 0 aliphatic heterocycles. The Hall–Kier alpha value is -0.610. The number of aromatic nitrogens is 1. The monoisotopic (exact) mass is 199 g/mol. The van der Waals surface area contributed by atoms with Crippen LogP contribution in [0.25, 0.3) is 0 Å². The summed E-state index contributed by atoms with van der Waals surface area (Å²) in [6, 6.07) is 0. The van der Waals surface area contributed by atoms with Gasteiger partial charge in [-0.25, -0.2) is 4.98 Å². The van der Waals surface area contributed by atoms with E-state index in [9.17, 15) is 0 Å². The smallest absolute Gasteiger partial charge is 0.273 e. The molecule has 0 atom stereocenters. The minimum atomic E-state index is 0.178. The molecule has 1 aliphatic carbocycles. The van der Waals surface area contributed by atoms with Crippen molar-refractivity contribution < 1.29 is 9.84 Å². The predicted octanol–water partition coefficient (Wildman–Crippen LogP) is 1.47.